The predicted molar refractivity (Wildman–Crippen MR) is 52.3 cm³/mol. The molecule has 1 rings (SSSR count). The fraction of sp³-hybridized carbons (Fsp3) is 0.111. The van der Waals surface area contributed by atoms with Crippen molar-refractivity contribution in [1.82, 2.24) is 0 Å². The van der Waals surface area contributed by atoms with E-state index in [1.54, 1.807) is 6.08 Å². The number of aliphatic carboxylic acids is 1. The van der Waals surface area contributed by atoms with Gasteiger partial charge in [-0.1, -0.05) is 24.4 Å². The Morgan fingerprint density at radius 3 is 3.08 bits per heavy atom. The summed E-state index contributed by atoms with van der Waals surface area (Å²) in [6.07, 6.45) is 8.14. The number of hydrogen-bond acceptors (Lipinski definition) is 3. The third-order valence-electron chi connectivity index (χ3n) is 1.37. The number of rotatable bonds is 3. The second-order valence-electron chi connectivity index (χ2n) is 2.35. The molecule has 0 bridgehead atoms. The third-order valence-corrected chi connectivity index (χ3v) is 1.74. The van der Waals surface area contributed by atoms with Gasteiger partial charge in [0, 0.05) is 6.42 Å². The average Bonchev–Trinajstić information content (AvgIpc) is 2.08. The number of thiocarbonyl (C=S) groups is 1. The van der Waals surface area contributed by atoms with Crippen LogP contribution < -0.4 is 0 Å². The Hall–Kier alpha value is -1.42. The molecule has 1 aliphatic carbocycles. The summed E-state index contributed by atoms with van der Waals surface area (Å²) in [5.74, 6) is -0.507. The van der Waals surface area contributed by atoms with Gasteiger partial charge >= 0.3 is 5.97 Å². The van der Waals surface area contributed by atoms with E-state index >= 15 is 0 Å². The van der Waals surface area contributed by atoms with Crippen LogP contribution in [0.25, 0.3) is 0 Å². The molecule has 0 heterocycles. The third kappa shape index (κ3) is 3.21. The van der Waals surface area contributed by atoms with Crippen molar-refractivity contribution in [3.05, 3.63) is 36.3 Å². The molecule has 68 valence electrons. The van der Waals surface area contributed by atoms with Crippen LogP contribution in [0.4, 0.5) is 0 Å². The lowest BCUT2D eigenvalue weighted by molar-refractivity contribution is -0.131. The van der Waals surface area contributed by atoms with E-state index in [1.165, 1.54) is 0 Å². The fourth-order valence-electron chi connectivity index (χ4n) is 0.795. The maximum Gasteiger partial charge on any atom is 0.331 e. The van der Waals surface area contributed by atoms with Crippen LogP contribution >= 0.6 is 12.2 Å². The van der Waals surface area contributed by atoms with Gasteiger partial charge in [0.2, 0.25) is 0 Å². The topological polar surface area (TPSA) is 46.5 Å². The Morgan fingerprint density at radius 1 is 1.69 bits per heavy atom. The normalized spacial score (nSPS) is 16.0. The monoisotopic (exact) mass is 196 g/mol. The van der Waals surface area contributed by atoms with Crippen molar-refractivity contribution in [1.29, 1.82) is 0 Å². The molecule has 0 saturated carbocycles. The van der Waals surface area contributed by atoms with Gasteiger partial charge in [-0.25, -0.2) is 4.79 Å². The van der Waals surface area contributed by atoms with Crippen LogP contribution in [-0.4, -0.2) is 15.9 Å². The molecule has 3 nitrogen and oxygen atoms in total. The fourth-order valence-corrected chi connectivity index (χ4v) is 1.01. The first kappa shape index (κ1) is 9.67. The summed E-state index contributed by atoms with van der Waals surface area (Å²) in [6, 6.07) is 0. The Balaban J connectivity index is 2.53. The van der Waals surface area contributed by atoms with Crippen molar-refractivity contribution < 1.29 is 14.6 Å². The Bertz CT molecular complexity index is 313. The molecule has 0 aromatic heterocycles. The maximum absolute atomic E-state index is 10.1. The zero-order valence-corrected chi connectivity index (χ0v) is 7.58. The Morgan fingerprint density at radius 2 is 2.46 bits per heavy atom. The smallest absolute Gasteiger partial charge is 0.331 e. The number of carboxylic acids is 1. The molecule has 0 atom stereocenters. The molecule has 1 aliphatic rings. The molecular formula is C9H8O3S. The van der Waals surface area contributed by atoms with Gasteiger partial charge in [0.05, 0.1) is 17.2 Å². The quantitative estimate of drug-likeness (QED) is 0.425. The SMILES string of the molecule is O=C(O)C=COC1=CC=CCC1=S. The van der Waals surface area contributed by atoms with Gasteiger partial charge in [-0.15, -0.1) is 0 Å². The van der Waals surface area contributed by atoms with Crippen LogP contribution in [0, 0.1) is 0 Å². The highest BCUT2D eigenvalue weighted by Gasteiger charge is 2.05. The zero-order chi connectivity index (χ0) is 9.68. The van der Waals surface area contributed by atoms with Gasteiger partial charge in [0.1, 0.15) is 5.76 Å². The molecule has 1 N–H and O–H groups in total. The summed E-state index contributed by atoms with van der Waals surface area (Å²) in [5.41, 5.74) is 0. The van der Waals surface area contributed by atoms with Crippen molar-refractivity contribution >= 4 is 23.1 Å². The summed E-state index contributed by atoms with van der Waals surface area (Å²) in [7, 11) is 0. The lowest BCUT2D eigenvalue weighted by Crippen LogP contribution is -2.02. The first-order chi connectivity index (χ1) is 6.20. The van der Waals surface area contributed by atoms with Crippen LogP contribution in [0.15, 0.2) is 36.3 Å². The van der Waals surface area contributed by atoms with E-state index in [0.29, 0.717) is 17.0 Å². The minimum atomic E-state index is -1.04. The van der Waals surface area contributed by atoms with E-state index in [0.717, 1.165) is 12.3 Å². The van der Waals surface area contributed by atoms with Crippen molar-refractivity contribution in [2.45, 2.75) is 6.42 Å². The minimum Gasteiger partial charge on any atom is -0.478 e. The van der Waals surface area contributed by atoms with Gasteiger partial charge in [-0.05, 0) is 6.08 Å². The number of allylic oxidation sites excluding steroid dienone is 4. The summed E-state index contributed by atoms with van der Waals surface area (Å²) < 4.78 is 5.01. The first-order valence-corrected chi connectivity index (χ1v) is 4.07. The van der Waals surface area contributed by atoms with E-state index in [4.69, 9.17) is 22.1 Å². The molecule has 0 aromatic rings. The number of hydrogen-bond donors (Lipinski definition) is 1. The van der Waals surface area contributed by atoms with Crippen LogP contribution in [0.5, 0.6) is 0 Å². The minimum absolute atomic E-state index is 0.537. The molecule has 4 heteroatoms. The number of carbonyl (C=O) groups is 1. The van der Waals surface area contributed by atoms with Crippen molar-refractivity contribution in [2.75, 3.05) is 0 Å². The van der Waals surface area contributed by atoms with Crippen molar-refractivity contribution in [3.63, 3.8) is 0 Å². The number of ether oxygens (including phenoxy) is 1. The lowest BCUT2D eigenvalue weighted by atomic mass is 10.2. The zero-order valence-electron chi connectivity index (χ0n) is 6.77. The largest absolute Gasteiger partial charge is 0.478 e. The van der Waals surface area contributed by atoms with Crippen LogP contribution in [0.2, 0.25) is 0 Å². The van der Waals surface area contributed by atoms with E-state index in [1.807, 2.05) is 12.2 Å². The van der Waals surface area contributed by atoms with Crippen molar-refractivity contribution in [2.24, 2.45) is 0 Å². The van der Waals surface area contributed by atoms with Gasteiger partial charge in [-0.3, -0.25) is 0 Å². The molecule has 0 aliphatic heterocycles. The standard InChI is InChI=1S/C9H8O3S/c10-9(11)5-6-12-7-3-1-2-4-8(7)13/h1-3,5-6H,4H2,(H,10,11). The van der Waals surface area contributed by atoms with Gasteiger partial charge < -0.3 is 9.84 Å². The van der Waals surface area contributed by atoms with Gasteiger partial charge in [0.25, 0.3) is 0 Å². The Kier molecular flexibility index (Phi) is 3.40. The highest BCUT2D eigenvalue weighted by atomic mass is 32.1. The van der Waals surface area contributed by atoms with E-state index in [-0.39, 0.29) is 0 Å². The highest BCUT2D eigenvalue weighted by molar-refractivity contribution is 7.80. The average molecular weight is 196 g/mol. The second kappa shape index (κ2) is 4.57. The van der Waals surface area contributed by atoms with Crippen molar-refractivity contribution in [3.8, 4) is 0 Å². The van der Waals surface area contributed by atoms with E-state index < -0.39 is 5.97 Å². The molecule has 0 unspecified atom stereocenters. The molecule has 0 amide bonds. The van der Waals surface area contributed by atoms with Crippen LogP contribution in [0.1, 0.15) is 6.42 Å². The maximum atomic E-state index is 10.1. The Labute approximate surface area is 81.0 Å². The summed E-state index contributed by atoms with van der Waals surface area (Å²) in [6.45, 7) is 0. The number of carboxylic acid groups (broad SMARTS) is 1. The summed E-state index contributed by atoms with van der Waals surface area (Å²) >= 11 is 4.98. The molecule has 13 heavy (non-hydrogen) atoms. The molecule has 0 fully saturated rings. The van der Waals surface area contributed by atoms with Gasteiger partial charge in [-0.2, -0.15) is 0 Å². The molecular weight excluding hydrogens is 188 g/mol. The van der Waals surface area contributed by atoms with E-state index in [2.05, 4.69) is 0 Å². The molecule has 0 saturated heterocycles. The first-order valence-electron chi connectivity index (χ1n) is 3.66. The molecule has 0 aromatic carbocycles. The second-order valence-corrected chi connectivity index (χ2v) is 2.84. The molecule has 0 radical (unpaired) electrons. The predicted octanol–water partition coefficient (Wildman–Crippen LogP) is 1.81. The lowest BCUT2D eigenvalue weighted by Gasteiger charge is -2.07. The van der Waals surface area contributed by atoms with Crippen LogP contribution in [-0.2, 0) is 9.53 Å². The molecule has 0 spiro atoms. The van der Waals surface area contributed by atoms with Gasteiger partial charge in [0.15, 0.2) is 0 Å². The summed E-state index contributed by atoms with van der Waals surface area (Å²) in [5, 5.41) is 8.28. The van der Waals surface area contributed by atoms with E-state index in [9.17, 15) is 4.79 Å². The summed E-state index contributed by atoms with van der Waals surface area (Å²) in [4.78, 5) is 10.8. The van der Waals surface area contributed by atoms with Crippen LogP contribution in [0.3, 0.4) is 0 Å². The highest BCUT2D eigenvalue weighted by Crippen LogP contribution is 2.11.